The van der Waals surface area contributed by atoms with Gasteiger partial charge in [0.15, 0.2) is 0 Å². The third-order valence-electron chi connectivity index (χ3n) is 2.51. The molecular formula is C12H7F3N2O2. The number of rotatable bonds is 2. The molecule has 1 aromatic heterocycles. The Morgan fingerprint density at radius 2 is 1.74 bits per heavy atom. The van der Waals surface area contributed by atoms with Crippen molar-refractivity contribution in [3.63, 3.8) is 0 Å². The number of nitro benzene ring substituents is 1. The first-order valence-electron chi connectivity index (χ1n) is 5.16. The summed E-state index contributed by atoms with van der Waals surface area (Å²) in [5.41, 5.74) is -1.95. The molecule has 2 aromatic rings. The Bertz CT molecular complexity index is 612. The highest BCUT2D eigenvalue weighted by Crippen LogP contribution is 2.41. The molecule has 98 valence electrons. The van der Waals surface area contributed by atoms with Crippen molar-refractivity contribution in [1.29, 1.82) is 0 Å². The fourth-order valence-corrected chi connectivity index (χ4v) is 1.75. The molecule has 0 spiro atoms. The minimum atomic E-state index is -4.66. The molecule has 2 rings (SSSR count). The Morgan fingerprint density at radius 3 is 2.26 bits per heavy atom. The Labute approximate surface area is 105 Å². The number of hydrogen-bond acceptors (Lipinski definition) is 3. The topological polar surface area (TPSA) is 56.0 Å². The molecule has 0 saturated carbocycles. The number of nitro groups is 1. The number of benzene rings is 1. The van der Waals surface area contributed by atoms with Crippen LogP contribution in [0.5, 0.6) is 0 Å². The predicted octanol–water partition coefficient (Wildman–Crippen LogP) is 3.68. The summed E-state index contributed by atoms with van der Waals surface area (Å²) >= 11 is 0. The Kier molecular flexibility index (Phi) is 3.20. The quantitative estimate of drug-likeness (QED) is 0.616. The van der Waals surface area contributed by atoms with Crippen LogP contribution in [0.2, 0.25) is 0 Å². The maximum atomic E-state index is 12.9. The van der Waals surface area contributed by atoms with Gasteiger partial charge >= 0.3 is 6.18 Å². The van der Waals surface area contributed by atoms with Crippen molar-refractivity contribution in [3.8, 4) is 11.1 Å². The van der Waals surface area contributed by atoms with Gasteiger partial charge < -0.3 is 0 Å². The fraction of sp³-hybridized carbons (Fsp3) is 0.0833. The molecule has 19 heavy (non-hydrogen) atoms. The van der Waals surface area contributed by atoms with Crippen LogP contribution in [-0.4, -0.2) is 9.91 Å². The Balaban J connectivity index is 2.78. The molecule has 0 amide bonds. The van der Waals surface area contributed by atoms with E-state index in [0.717, 1.165) is 18.2 Å². The van der Waals surface area contributed by atoms with E-state index < -0.39 is 27.9 Å². The van der Waals surface area contributed by atoms with E-state index in [1.165, 1.54) is 24.5 Å². The number of hydrogen-bond donors (Lipinski definition) is 0. The predicted molar refractivity (Wildman–Crippen MR) is 61.3 cm³/mol. The van der Waals surface area contributed by atoms with Gasteiger partial charge in [0.2, 0.25) is 0 Å². The van der Waals surface area contributed by atoms with Gasteiger partial charge in [0, 0.05) is 18.5 Å². The van der Waals surface area contributed by atoms with E-state index in [-0.39, 0.29) is 5.56 Å². The lowest BCUT2D eigenvalue weighted by molar-refractivity contribution is -0.384. The number of alkyl halides is 3. The van der Waals surface area contributed by atoms with Crippen LogP contribution >= 0.6 is 0 Å². The second-order valence-electron chi connectivity index (χ2n) is 3.69. The van der Waals surface area contributed by atoms with Crippen LogP contribution in [0, 0.1) is 10.1 Å². The van der Waals surface area contributed by atoms with Crippen molar-refractivity contribution >= 4 is 5.69 Å². The van der Waals surface area contributed by atoms with Crippen LogP contribution in [0.15, 0.2) is 42.7 Å². The van der Waals surface area contributed by atoms with Gasteiger partial charge in [0.05, 0.1) is 16.1 Å². The number of pyridine rings is 1. The monoisotopic (exact) mass is 268 g/mol. The van der Waals surface area contributed by atoms with Crippen molar-refractivity contribution in [2.24, 2.45) is 0 Å². The maximum absolute atomic E-state index is 12.9. The molecule has 0 aliphatic rings. The molecule has 0 radical (unpaired) electrons. The van der Waals surface area contributed by atoms with Crippen LogP contribution in [0.3, 0.4) is 0 Å². The van der Waals surface area contributed by atoms with Gasteiger partial charge in [0.1, 0.15) is 0 Å². The van der Waals surface area contributed by atoms with Gasteiger partial charge in [-0.05, 0) is 23.8 Å². The van der Waals surface area contributed by atoms with E-state index in [1.54, 1.807) is 0 Å². The lowest BCUT2D eigenvalue weighted by atomic mass is 9.98. The third kappa shape index (κ3) is 2.54. The lowest BCUT2D eigenvalue weighted by Gasteiger charge is -2.12. The van der Waals surface area contributed by atoms with E-state index in [1.807, 2.05) is 0 Å². The smallest absolute Gasteiger partial charge is 0.265 e. The van der Waals surface area contributed by atoms with Crippen LogP contribution in [0.25, 0.3) is 11.1 Å². The molecule has 1 heterocycles. The molecule has 0 saturated heterocycles. The van der Waals surface area contributed by atoms with Gasteiger partial charge in [-0.2, -0.15) is 13.2 Å². The van der Waals surface area contributed by atoms with E-state index >= 15 is 0 Å². The first kappa shape index (κ1) is 13.0. The molecule has 0 aliphatic carbocycles. The second kappa shape index (κ2) is 4.68. The molecule has 7 heteroatoms. The van der Waals surface area contributed by atoms with Crippen LogP contribution in [-0.2, 0) is 6.18 Å². The minimum absolute atomic E-state index is 0.106. The fourth-order valence-electron chi connectivity index (χ4n) is 1.75. The van der Waals surface area contributed by atoms with E-state index in [2.05, 4.69) is 4.98 Å². The first-order valence-corrected chi connectivity index (χ1v) is 5.16. The molecular weight excluding hydrogens is 261 g/mol. The largest absolute Gasteiger partial charge is 0.417 e. The van der Waals surface area contributed by atoms with Crippen molar-refractivity contribution in [2.45, 2.75) is 6.18 Å². The average molecular weight is 268 g/mol. The summed E-state index contributed by atoms with van der Waals surface area (Å²) in [5, 5.41) is 10.9. The molecule has 0 N–H and O–H groups in total. The SMILES string of the molecule is O=[N+]([O-])c1cccc(C(F)(F)F)c1-c1ccncc1. The van der Waals surface area contributed by atoms with Crippen molar-refractivity contribution < 1.29 is 18.1 Å². The standard InChI is InChI=1S/C12H7F3N2O2/c13-12(14,15)9-2-1-3-10(17(18)19)11(9)8-4-6-16-7-5-8/h1-7H. The zero-order valence-corrected chi connectivity index (χ0v) is 9.39. The number of nitrogens with zero attached hydrogens (tertiary/aromatic N) is 2. The average Bonchev–Trinajstić information content (AvgIpc) is 2.37. The van der Waals surface area contributed by atoms with Gasteiger partial charge in [-0.1, -0.05) is 6.07 Å². The highest BCUT2D eigenvalue weighted by Gasteiger charge is 2.36. The number of aromatic nitrogens is 1. The Hall–Kier alpha value is -2.44. The van der Waals surface area contributed by atoms with Gasteiger partial charge in [0.25, 0.3) is 5.69 Å². The highest BCUT2D eigenvalue weighted by molar-refractivity contribution is 5.77. The summed E-state index contributed by atoms with van der Waals surface area (Å²) in [6.45, 7) is 0. The molecule has 0 atom stereocenters. The van der Waals surface area contributed by atoms with Crippen LogP contribution < -0.4 is 0 Å². The van der Waals surface area contributed by atoms with Crippen LogP contribution in [0.4, 0.5) is 18.9 Å². The normalized spacial score (nSPS) is 11.3. The zero-order chi connectivity index (χ0) is 14.0. The second-order valence-corrected chi connectivity index (χ2v) is 3.69. The Morgan fingerprint density at radius 1 is 1.11 bits per heavy atom. The van der Waals surface area contributed by atoms with E-state index in [9.17, 15) is 23.3 Å². The molecule has 4 nitrogen and oxygen atoms in total. The molecule has 1 aromatic carbocycles. The molecule has 0 aliphatic heterocycles. The van der Waals surface area contributed by atoms with Gasteiger partial charge in [-0.15, -0.1) is 0 Å². The maximum Gasteiger partial charge on any atom is 0.417 e. The van der Waals surface area contributed by atoms with Crippen molar-refractivity contribution in [2.75, 3.05) is 0 Å². The zero-order valence-electron chi connectivity index (χ0n) is 9.39. The highest BCUT2D eigenvalue weighted by atomic mass is 19.4. The van der Waals surface area contributed by atoms with Gasteiger partial charge in [-0.3, -0.25) is 15.1 Å². The van der Waals surface area contributed by atoms with Crippen LogP contribution in [0.1, 0.15) is 5.56 Å². The summed E-state index contributed by atoms with van der Waals surface area (Å²) in [6.07, 6.45) is -2.09. The lowest BCUT2D eigenvalue weighted by Crippen LogP contribution is -2.08. The summed E-state index contributed by atoms with van der Waals surface area (Å²) in [7, 11) is 0. The van der Waals surface area contributed by atoms with E-state index in [0.29, 0.717) is 0 Å². The van der Waals surface area contributed by atoms with Crippen molar-refractivity contribution in [1.82, 2.24) is 4.98 Å². The van der Waals surface area contributed by atoms with Crippen molar-refractivity contribution in [3.05, 3.63) is 58.4 Å². The minimum Gasteiger partial charge on any atom is -0.265 e. The van der Waals surface area contributed by atoms with E-state index in [4.69, 9.17) is 0 Å². The molecule has 0 fully saturated rings. The summed E-state index contributed by atoms with van der Waals surface area (Å²) in [4.78, 5) is 13.8. The first-order chi connectivity index (χ1) is 8.91. The molecule has 0 unspecified atom stereocenters. The number of halogens is 3. The summed E-state index contributed by atoms with van der Waals surface area (Å²) < 4.78 is 38.8. The van der Waals surface area contributed by atoms with Gasteiger partial charge in [-0.25, -0.2) is 0 Å². The summed E-state index contributed by atoms with van der Waals surface area (Å²) in [5.74, 6) is 0. The third-order valence-corrected chi connectivity index (χ3v) is 2.51. The molecule has 0 bridgehead atoms. The summed E-state index contributed by atoms with van der Waals surface area (Å²) in [6, 6.07) is 5.49.